The summed E-state index contributed by atoms with van der Waals surface area (Å²) in [4.78, 5) is 27.4. The molecule has 164 valence electrons. The fourth-order valence-electron chi connectivity index (χ4n) is 3.20. The summed E-state index contributed by atoms with van der Waals surface area (Å²) < 4.78 is 7.53. The summed E-state index contributed by atoms with van der Waals surface area (Å²) in [7, 11) is 1.86. The maximum atomic E-state index is 13.1. The van der Waals surface area contributed by atoms with Crippen molar-refractivity contribution in [3.05, 3.63) is 66.1 Å². The Kier molecular flexibility index (Phi) is 5.71. The molecule has 2 heterocycles. The zero-order chi connectivity index (χ0) is 22.9. The molecule has 4 rings (SSSR count). The van der Waals surface area contributed by atoms with E-state index in [1.54, 1.807) is 12.3 Å². The highest BCUT2D eigenvalue weighted by Gasteiger charge is 2.28. The van der Waals surface area contributed by atoms with E-state index in [0.717, 1.165) is 11.2 Å². The number of fused-ring (bicyclic) bond motifs is 1. The second kappa shape index (κ2) is 8.47. The van der Waals surface area contributed by atoms with Gasteiger partial charge in [-0.25, -0.2) is 24.6 Å². The van der Waals surface area contributed by atoms with Crippen molar-refractivity contribution in [2.24, 2.45) is 7.05 Å². The van der Waals surface area contributed by atoms with Crippen LogP contribution in [0.4, 0.5) is 27.9 Å². The molecule has 0 aliphatic carbocycles. The molecule has 0 saturated heterocycles. The Balaban J connectivity index is 1.75. The molecule has 0 saturated carbocycles. The third-order valence-electron chi connectivity index (χ3n) is 4.55. The summed E-state index contributed by atoms with van der Waals surface area (Å²) in [5.41, 5.74) is 2.35. The van der Waals surface area contributed by atoms with Crippen molar-refractivity contribution in [1.82, 2.24) is 19.5 Å². The van der Waals surface area contributed by atoms with Gasteiger partial charge in [-0.2, -0.15) is 0 Å². The number of aromatic nitrogens is 4. The quantitative estimate of drug-likeness (QED) is 0.393. The van der Waals surface area contributed by atoms with Crippen molar-refractivity contribution in [2.45, 2.75) is 26.4 Å². The molecular weight excluding hydrogens is 428 g/mol. The number of carbonyl (C=O) groups is 1. The maximum absolute atomic E-state index is 13.1. The van der Waals surface area contributed by atoms with E-state index in [0.29, 0.717) is 23.0 Å². The molecule has 9 heteroatoms. The molecule has 0 radical (unpaired) electrons. The van der Waals surface area contributed by atoms with Crippen LogP contribution >= 0.6 is 11.6 Å². The number of amides is 1. The van der Waals surface area contributed by atoms with Crippen LogP contribution in [0.25, 0.3) is 11.0 Å². The number of imidazole rings is 1. The van der Waals surface area contributed by atoms with Gasteiger partial charge >= 0.3 is 6.09 Å². The molecule has 2 aromatic heterocycles. The number of ether oxygens (including phenoxy) is 1. The Labute approximate surface area is 190 Å². The molecule has 0 aliphatic rings. The molecule has 8 nitrogen and oxygen atoms in total. The van der Waals surface area contributed by atoms with E-state index in [-0.39, 0.29) is 5.28 Å². The molecule has 0 spiro atoms. The molecule has 0 bridgehead atoms. The molecule has 1 N–H and O–H groups in total. The van der Waals surface area contributed by atoms with Crippen LogP contribution in [0.2, 0.25) is 5.28 Å². The summed E-state index contributed by atoms with van der Waals surface area (Å²) in [5.74, 6) is 1.02. The normalized spacial score (nSPS) is 11.4. The number of anilines is 4. The first-order chi connectivity index (χ1) is 15.2. The SMILES string of the molecule is Cn1c(N(C(=O)OC(C)(C)C)c2ccccc2)nc2cc(Nc3ccnc(Cl)n3)ccc21. The number of halogens is 1. The van der Waals surface area contributed by atoms with Gasteiger partial charge in [0.05, 0.1) is 16.7 Å². The molecule has 0 unspecified atom stereocenters. The van der Waals surface area contributed by atoms with Crippen LogP contribution in [0, 0.1) is 0 Å². The van der Waals surface area contributed by atoms with E-state index in [9.17, 15) is 4.79 Å². The van der Waals surface area contributed by atoms with Gasteiger partial charge in [0.15, 0.2) is 0 Å². The van der Waals surface area contributed by atoms with Crippen LogP contribution in [-0.2, 0) is 11.8 Å². The largest absolute Gasteiger partial charge is 0.443 e. The van der Waals surface area contributed by atoms with Gasteiger partial charge in [-0.1, -0.05) is 18.2 Å². The number of benzene rings is 2. The Morgan fingerprint density at radius 1 is 1.09 bits per heavy atom. The Bertz CT molecular complexity index is 1270. The minimum absolute atomic E-state index is 0.159. The summed E-state index contributed by atoms with van der Waals surface area (Å²) >= 11 is 5.87. The van der Waals surface area contributed by atoms with Crippen molar-refractivity contribution in [3.8, 4) is 0 Å². The summed E-state index contributed by atoms with van der Waals surface area (Å²) in [6.45, 7) is 5.50. The smallest absolute Gasteiger partial charge is 0.421 e. The van der Waals surface area contributed by atoms with Gasteiger partial charge in [0.1, 0.15) is 11.4 Å². The lowest BCUT2D eigenvalue weighted by molar-refractivity contribution is 0.0596. The van der Waals surface area contributed by atoms with E-state index in [4.69, 9.17) is 21.3 Å². The Hall–Kier alpha value is -3.65. The molecule has 4 aromatic rings. The van der Waals surface area contributed by atoms with Crippen molar-refractivity contribution >= 4 is 51.9 Å². The molecule has 0 fully saturated rings. The lowest BCUT2D eigenvalue weighted by Crippen LogP contribution is -2.35. The standard InChI is InChI=1S/C23H23ClN6O2/c1-23(2,3)32-22(31)30(16-8-6-5-7-9-16)21-27-17-14-15(10-11-18(17)29(21)4)26-19-12-13-25-20(24)28-19/h5-14H,1-4H3,(H,25,26,28). The number of nitrogens with zero attached hydrogens (tertiary/aromatic N) is 5. The highest BCUT2D eigenvalue weighted by atomic mass is 35.5. The highest BCUT2D eigenvalue weighted by Crippen LogP contribution is 2.31. The second-order valence-electron chi connectivity index (χ2n) is 8.16. The lowest BCUT2D eigenvalue weighted by Gasteiger charge is -2.26. The van der Waals surface area contributed by atoms with Crippen LogP contribution in [0.3, 0.4) is 0 Å². The van der Waals surface area contributed by atoms with Crippen LogP contribution in [-0.4, -0.2) is 31.2 Å². The zero-order valence-electron chi connectivity index (χ0n) is 18.2. The van der Waals surface area contributed by atoms with E-state index < -0.39 is 11.7 Å². The van der Waals surface area contributed by atoms with Crippen LogP contribution < -0.4 is 10.2 Å². The minimum atomic E-state index is -0.648. The fourth-order valence-corrected chi connectivity index (χ4v) is 3.35. The van der Waals surface area contributed by atoms with Crippen molar-refractivity contribution < 1.29 is 9.53 Å². The lowest BCUT2D eigenvalue weighted by atomic mass is 10.2. The Morgan fingerprint density at radius 3 is 2.53 bits per heavy atom. The molecule has 0 atom stereocenters. The van der Waals surface area contributed by atoms with E-state index in [1.165, 1.54) is 4.90 Å². The van der Waals surface area contributed by atoms with Gasteiger partial charge in [0, 0.05) is 18.9 Å². The Morgan fingerprint density at radius 2 is 1.84 bits per heavy atom. The first kappa shape index (κ1) is 21.6. The predicted molar refractivity (Wildman–Crippen MR) is 126 cm³/mol. The number of carbonyl (C=O) groups excluding carboxylic acids is 1. The maximum Gasteiger partial charge on any atom is 0.421 e. The minimum Gasteiger partial charge on any atom is -0.443 e. The summed E-state index contributed by atoms with van der Waals surface area (Å²) in [6, 6.07) is 16.7. The molecular formula is C23H23ClN6O2. The van der Waals surface area contributed by atoms with Gasteiger partial charge in [0.25, 0.3) is 0 Å². The number of para-hydroxylation sites is 1. The van der Waals surface area contributed by atoms with Crippen molar-refractivity contribution in [3.63, 3.8) is 0 Å². The fraction of sp³-hybridized carbons (Fsp3) is 0.217. The first-order valence-electron chi connectivity index (χ1n) is 10.0. The van der Waals surface area contributed by atoms with Crippen molar-refractivity contribution in [1.29, 1.82) is 0 Å². The first-order valence-corrected chi connectivity index (χ1v) is 10.4. The van der Waals surface area contributed by atoms with Crippen LogP contribution in [0.5, 0.6) is 0 Å². The number of hydrogen-bond donors (Lipinski definition) is 1. The van der Waals surface area contributed by atoms with Crippen LogP contribution in [0.15, 0.2) is 60.8 Å². The van der Waals surface area contributed by atoms with Gasteiger partial charge in [0.2, 0.25) is 11.2 Å². The average molecular weight is 451 g/mol. The molecule has 0 aliphatic heterocycles. The van der Waals surface area contributed by atoms with Crippen LogP contribution in [0.1, 0.15) is 20.8 Å². The van der Waals surface area contributed by atoms with E-state index >= 15 is 0 Å². The van der Waals surface area contributed by atoms with Gasteiger partial charge in [-0.15, -0.1) is 0 Å². The van der Waals surface area contributed by atoms with Crippen molar-refractivity contribution in [2.75, 3.05) is 10.2 Å². The number of aryl methyl sites for hydroxylation is 1. The molecule has 2 aromatic carbocycles. The van der Waals surface area contributed by atoms with Gasteiger partial charge in [-0.3, -0.25) is 0 Å². The molecule has 32 heavy (non-hydrogen) atoms. The van der Waals surface area contributed by atoms with Gasteiger partial charge in [-0.05, 0) is 68.8 Å². The second-order valence-corrected chi connectivity index (χ2v) is 8.50. The third-order valence-corrected chi connectivity index (χ3v) is 4.73. The van der Waals surface area contributed by atoms with E-state index in [1.807, 2.05) is 80.9 Å². The number of rotatable bonds is 4. The summed E-state index contributed by atoms with van der Waals surface area (Å²) in [6.07, 6.45) is 1.07. The zero-order valence-corrected chi connectivity index (χ0v) is 19.0. The number of nitrogens with one attached hydrogen (secondary N) is 1. The monoisotopic (exact) mass is 450 g/mol. The topological polar surface area (TPSA) is 85.2 Å². The third kappa shape index (κ3) is 4.65. The van der Waals surface area contributed by atoms with E-state index in [2.05, 4.69) is 15.3 Å². The number of hydrogen-bond acceptors (Lipinski definition) is 6. The van der Waals surface area contributed by atoms with Gasteiger partial charge < -0.3 is 14.6 Å². The summed E-state index contributed by atoms with van der Waals surface area (Å²) in [5, 5.41) is 3.35. The predicted octanol–water partition coefficient (Wildman–Crippen LogP) is 5.83. The molecule has 1 amide bonds. The highest BCUT2D eigenvalue weighted by molar-refractivity contribution is 6.28. The average Bonchev–Trinajstić information content (AvgIpc) is 3.03.